The van der Waals surface area contributed by atoms with Crippen molar-refractivity contribution >= 4 is 33.7 Å². The first-order valence-electron chi connectivity index (χ1n) is 9.28. The number of amides is 1. The number of carbonyl (C=O) groups excluding carboxylic acids is 1. The minimum Gasteiger partial charge on any atom is -0.297 e. The van der Waals surface area contributed by atoms with Crippen LogP contribution in [-0.2, 0) is 25.9 Å². The van der Waals surface area contributed by atoms with Crippen LogP contribution in [0, 0.1) is 6.92 Å². The van der Waals surface area contributed by atoms with Gasteiger partial charge in [0.2, 0.25) is 0 Å². The third kappa shape index (κ3) is 4.13. The smallest absolute Gasteiger partial charge is 0.267 e. The molecule has 1 amide bonds. The molecule has 4 rings (SSSR count). The number of thiazole rings is 1. The molecule has 0 unspecified atom stereocenters. The minimum absolute atomic E-state index is 0.0463. The number of aryl methyl sites for hydroxylation is 2. The Bertz CT molecular complexity index is 946. The average Bonchev–Trinajstić information content (AvgIpc) is 3.24. The van der Waals surface area contributed by atoms with Gasteiger partial charge in [0.1, 0.15) is 0 Å². The summed E-state index contributed by atoms with van der Waals surface area (Å²) in [6.45, 7) is 7.04. The largest absolute Gasteiger partial charge is 0.297 e. The van der Waals surface area contributed by atoms with Gasteiger partial charge < -0.3 is 0 Å². The lowest BCUT2D eigenvalue weighted by Crippen LogP contribution is -2.29. The zero-order valence-electron chi connectivity index (χ0n) is 15.6. The average molecular weight is 398 g/mol. The summed E-state index contributed by atoms with van der Waals surface area (Å²) >= 11 is 3.19. The van der Waals surface area contributed by atoms with Crippen LogP contribution in [-0.4, -0.2) is 22.3 Å². The summed E-state index contributed by atoms with van der Waals surface area (Å²) in [6, 6.07) is 12.5. The molecule has 1 N–H and O–H groups in total. The van der Waals surface area contributed by atoms with Gasteiger partial charge in [0.15, 0.2) is 5.13 Å². The van der Waals surface area contributed by atoms with E-state index in [2.05, 4.69) is 59.4 Å². The van der Waals surface area contributed by atoms with Gasteiger partial charge in [0, 0.05) is 35.8 Å². The first-order chi connectivity index (χ1) is 13.1. The van der Waals surface area contributed by atoms with E-state index in [1.165, 1.54) is 20.9 Å². The van der Waals surface area contributed by atoms with E-state index in [1.807, 2.05) is 6.07 Å². The fourth-order valence-corrected chi connectivity index (χ4v) is 5.47. The molecule has 0 aliphatic carbocycles. The molecule has 4 nitrogen and oxygen atoms in total. The molecule has 3 heterocycles. The third-order valence-corrected chi connectivity index (χ3v) is 7.22. The molecule has 1 aliphatic heterocycles. The van der Waals surface area contributed by atoms with E-state index in [1.54, 1.807) is 22.7 Å². The zero-order valence-corrected chi connectivity index (χ0v) is 17.3. The van der Waals surface area contributed by atoms with Crippen molar-refractivity contribution in [2.24, 2.45) is 0 Å². The van der Waals surface area contributed by atoms with Gasteiger partial charge in [-0.3, -0.25) is 15.0 Å². The Labute approximate surface area is 167 Å². The van der Waals surface area contributed by atoms with Gasteiger partial charge in [-0.05, 0) is 30.5 Å². The summed E-state index contributed by atoms with van der Waals surface area (Å²) in [6.07, 6.45) is 1.90. The van der Waals surface area contributed by atoms with Crippen LogP contribution in [0.2, 0.25) is 0 Å². The van der Waals surface area contributed by atoms with Crippen LogP contribution in [0.1, 0.15) is 43.2 Å². The lowest BCUT2D eigenvalue weighted by atomic mass is 10.1. The number of aromatic nitrogens is 1. The standard InChI is InChI=1S/C21H23N3OS2/c1-3-17-14(2)11-18(26-17)20(25)23-21-22-16-9-10-24(13-19(16)27-21)12-15-7-5-4-6-8-15/h4-8,11H,3,9-10,12-13H2,1-2H3,(H,22,23,25). The Hall–Kier alpha value is -2.02. The molecule has 0 saturated heterocycles. The number of nitrogens with one attached hydrogen (secondary N) is 1. The topological polar surface area (TPSA) is 45.2 Å². The minimum atomic E-state index is -0.0463. The van der Waals surface area contributed by atoms with Gasteiger partial charge in [-0.1, -0.05) is 37.3 Å². The first kappa shape index (κ1) is 18.3. The second-order valence-corrected chi connectivity index (χ2v) is 9.08. The maximum Gasteiger partial charge on any atom is 0.267 e. The first-order valence-corrected chi connectivity index (χ1v) is 10.9. The van der Waals surface area contributed by atoms with Crippen molar-refractivity contribution in [1.82, 2.24) is 9.88 Å². The number of hydrogen-bond donors (Lipinski definition) is 1. The van der Waals surface area contributed by atoms with E-state index in [9.17, 15) is 4.79 Å². The van der Waals surface area contributed by atoms with Crippen molar-refractivity contribution in [2.45, 2.75) is 39.8 Å². The fraction of sp³-hybridized carbons (Fsp3) is 0.333. The van der Waals surface area contributed by atoms with E-state index in [-0.39, 0.29) is 5.91 Å². The number of nitrogens with zero attached hydrogens (tertiary/aromatic N) is 2. The van der Waals surface area contributed by atoms with Crippen molar-refractivity contribution in [2.75, 3.05) is 11.9 Å². The monoisotopic (exact) mass is 397 g/mol. The molecular weight excluding hydrogens is 374 g/mol. The SMILES string of the molecule is CCc1sc(C(=O)Nc2nc3c(s2)CN(Cc2ccccc2)CC3)cc1C. The van der Waals surface area contributed by atoms with Crippen molar-refractivity contribution in [3.63, 3.8) is 0 Å². The van der Waals surface area contributed by atoms with Crippen molar-refractivity contribution in [3.8, 4) is 0 Å². The lowest BCUT2D eigenvalue weighted by molar-refractivity contribution is 0.103. The number of thiophene rings is 1. The van der Waals surface area contributed by atoms with Crippen molar-refractivity contribution in [3.05, 3.63) is 67.9 Å². The number of hydrogen-bond acceptors (Lipinski definition) is 5. The van der Waals surface area contributed by atoms with Gasteiger partial charge >= 0.3 is 0 Å². The number of rotatable bonds is 5. The molecule has 0 atom stereocenters. The van der Waals surface area contributed by atoms with Gasteiger partial charge in [0.05, 0.1) is 10.6 Å². The van der Waals surface area contributed by atoms with Gasteiger partial charge in [-0.2, -0.15) is 0 Å². The Morgan fingerprint density at radius 3 is 2.81 bits per heavy atom. The van der Waals surface area contributed by atoms with E-state index < -0.39 is 0 Å². The fourth-order valence-electron chi connectivity index (χ4n) is 3.42. The summed E-state index contributed by atoms with van der Waals surface area (Å²) in [7, 11) is 0. The highest BCUT2D eigenvalue weighted by Gasteiger charge is 2.22. The Morgan fingerprint density at radius 1 is 1.26 bits per heavy atom. The molecule has 6 heteroatoms. The van der Waals surface area contributed by atoms with Crippen LogP contribution < -0.4 is 5.32 Å². The van der Waals surface area contributed by atoms with Crippen LogP contribution in [0.4, 0.5) is 5.13 Å². The van der Waals surface area contributed by atoms with Crippen LogP contribution in [0.5, 0.6) is 0 Å². The molecule has 3 aromatic rings. The van der Waals surface area contributed by atoms with Crippen molar-refractivity contribution in [1.29, 1.82) is 0 Å². The summed E-state index contributed by atoms with van der Waals surface area (Å²) in [5.41, 5.74) is 3.66. The summed E-state index contributed by atoms with van der Waals surface area (Å²) in [5, 5.41) is 3.72. The molecule has 2 aromatic heterocycles. The van der Waals surface area contributed by atoms with Crippen LogP contribution in [0.15, 0.2) is 36.4 Å². The van der Waals surface area contributed by atoms with E-state index in [0.717, 1.165) is 48.2 Å². The van der Waals surface area contributed by atoms with Gasteiger partial charge in [0.25, 0.3) is 5.91 Å². The molecule has 0 radical (unpaired) electrons. The summed E-state index contributed by atoms with van der Waals surface area (Å²) in [4.78, 5) is 23.0. The Kier molecular flexibility index (Phi) is 5.38. The molecular formula is C21H23N3OS2. The molecule has 1 aliphatic rings. The van der Waals surface area contributed by atoms with Crippen molar-refractivity contribution < 1.29 is 4.79 Å². The number of anilines is 1. The van der Waals surface area contributed by atoms with E-state index in [0.29, 0.717) is 0 Å². The number of carbonyl (C=O) groups is 1. The zero-order chi connectivity index (χ0) is 18.8. The van der Waals surface area contributed by atoms with Gasteiger partial charge in [-0.25, -0.2) is 4.98 Å². The van der Waals surface area contributed by atoms with Crippen LogP contribution in [0.25, 0.3) is 0 Å². The molecule has 0 saturated carbocycles. The molecule has 0 fully saturated rings. The lowest BCUT2D eigenvalue weighted by Gasteiger charge is -2.25. The summed E-state index contributed by atoms with van der Waals surface area (Å²) in [5.74, 6) is -0.0463. The second kappa shape index (κ2) is 7.92. The highest BCUT2D eigenvalue weighted by molar-refractivity contribution is 7.16. The molecule has 27 heavy (non-hydrogen) atoms. The predicted molar refractivity (Wildman–Crippen MR) is 113 cm³/mol. The normalized spacial score (nSPS) is 14.1. The Morgan fingerprint density at radius 2 is 2.07 bits per heavy atom. The maximum atomic E-state index is 12.6. The highest BCUT2D eigenvalue weighted by atomic mass is 32.1. The quantitative estimate of drug-likeness (QED) is 0.667. The molecule has 0 bridgehead atoms. The van der Waals surface area contributed by atoms with Crippen LogP contribution in [0.3, 0.4) is 0 Å². The molecule has 140 valence electrons. The predicted octanol–water partition coefficient (Wildman–Crippen LogP) is 4.89. The molecule has 1 aromatic carbocycles. The summed E-state index contributed by atoms with van der Waals surface area (Å²) < 4.78 is 0. The molecule has 0 spiro atoms. The Balaban J connectivity index is 1.43. The highest BCUT2D eigenvalue weighted by Crippen LogP contribution is 2.30. The third-order valence-electron chi connectivity index (χ3n) is 4.85. The van der Waals surface area contributed by atoms with Crippen LogP contribution >= 0.6 is 22.7 Å². The number of benzene rings is 1. The maximum absolute atomic E-state index is 12.6. The van der Waals surface area contributed by atoms with Gasteiger partial charge in [-0.15, -0.1) is 22.7 Å². The van der Waals surface area contributed by atoms with E-state index in [4.69, 9.17) is 0 Å². The van der Waals surface area contributed by atoms with E-state index >= 15 is 0 Å². The number of fused-ring (bicyclic) bond motifs is 1. The second-order valence-electron chi connectivity index (χ2n) is 6.86.